The Balaban J connectivity index is 1.45. The third kappa shape index (κ3) is 3.00. The third-order valence-corrected chi connectivity index (χ3v) is 10.3. The van der Waals surface area contributed by atoms with Crippen LogP contribution in [0.25, 0.3) is 0 Å². The Morgan fingerprint density at radius 3 is 2.45 bits per heavy atom. The van der Waals surface area contributed by atoms with E-state index in [1.54, 1.807) is 12.4 Å². The largest absolute Gasteiger partial charge is 0.390 e. The molecule has 0 amide bonds. The lowest BCUT2D eigenvalue weighted by Gasteiger charge is -2.65. The second-order valence-electron chi connectivity index (χ2n) is 12.2. The highest BCUT2D eigenvalue weighted by Crippen LogP contribution is 2.71. The van der Waals surface area contributed by atoms with Crippen LogP contribution in [-0.4, -0.2) is 37.3 Å². The van der Waals surface area contributed by atoms with E-state index in [2.05, 4.69) is 31.0 Å². The lowest BCUT2D eigenvalue weighted by molar-refractivity contribution is -0.190. The number of rotatable bonds is 3. The maximum Gasteiger partial charge on any atom is 0.159 e. The Morgan fingerprint density at radius 2 is 1.74 bits per heavy atom. The molecule has 0 saturated heterocycles. The molecule has 5 rings (SSSR count). The van der Waals surface area contributed by atoms with Gasteiger partial charge >= 0.3 is 0 Å². The number of Topliss-reactive ketones (excluding diaryl/α,β-unsaturated/α-hetero) is 2. The Kier molecular flexibility index (Phi) is 4.62. The lowest BCUT2D eigenvalue weighted by atomic mass is 9.38. The van der Waals surface area contributed by atoms with Crippen molar-refractivity contribution in [2.24, 2.45) is 39.9 Å². The van der Waals surface area contributed by atoms with Gasteiger partial charge in [0, 0.05) is 18.3 Å². The summed E-state index contributed by atoms with van der Waals surface area (Å²) in [7, 11) is 0. The van der Waals surface area contributed by atoms with Crippen LogP contribution in [0.3, 0.4) is 0 Å². The van der Waals surface area contributed by atoms with Crippen molar-refractivity contribution in [2.45, 2.75) is 91.2 Å². The van der Waals surface area contributed by atoms with Crippen LogP contribution in [0, 0.1) is 39.9 Å². The fraction of sp³-hybridized carbons (Fsp3) is 0.840. The quantitative estimate of drug-likeness (QED) is 0.792. The van der Waals surface area contributed by atoms with Gasteiger partial charge in [0.15, 0.2) is 5.78 Å². The molecule has 170 valence electrons. The Bertz CT molecular complexity index is 896. The topological polar surface area (TPSA) is 85.1 Å². The minimum atomic E-state index is -0.602. The molecule has 1 aromatic rings. The summed E-state index contributed by atoms with van der Waals surface area (Å²) in [6, 6.07) is 0. The van der Waals surface area contributed by atoms with Crippen LogP contribution in [0.15, 0.2) is 12.4 Å². The molecule has 31 heavy (non-hydrogen) atoms. The van der Waals surface area contributed by atoms with E-state index in [4.69, 9.17) is 0 Å². The van der Waals surface area contributed by atoms with E-state index in [0.29, 0.717) is 24.0 Å². The molecule has 0 aliphatic heterocycles. The first kappa shape index (κ1) is 21.3. The fourth-order valence-corrected chi connectivity index (χ4v) is 9.06. The second-order valence-corrected chi connectivity index (χ2v) is 12.2. The molecule has 0 spiro atoms. The number of nitrogens with zero attached hydrogens (tertiary/aromatic N) is 3. The van der Waals surface area contributed by atoms with Crippen LogP contribution in [0.5, 0.6) is 0 Å². The van der Waals surface area contributed by atoms with E-state index in [1.165, 1.54) is 4.80 Å². The van der Waals surface area contributed by atoms with E-state index >= 15 is 0 Å². The van der Waals surface area contributed by atoms with Crippen LogP contribution >= 0.6 is 0 Å². The van der Waals surface area contributed by atoms with E-state index in [9.17, 15) is 14.7 Å². The number of carbonyl (C=O) groups is 2. The molecule has 4 fully saturated rings. The van der Waals surface area contributed by atoms with E-state index in [-0.39, 0.29) is 40.4 Å². The molecule has 1 unspecified atom stereocenters. The van der Waals surface area contributed by atoms with Gasteiger partial charge in [-0.15, -0.1) is 0 Å². The van der Waals surface area contributed by atoms with Crippen LogP contribution in [-0.2, 0) is 16.1 Å². The summed E-state index contributed by atoms with van der Waals surface area (Å²) in [5, 5.41) is 18.9. The van der Waals surface area contributed by atoms with Crippen molar-refractivity contribution in [2.75, 3.05) is 0 Å². The van der Waals surface area contributed by atoms with Gasteiger partial charge in [0.2, 0.25) is 0 Å². The summed E-state index contributed by atoms with van der Waals surface area (Å²) >= 11 is 0. The van der Waals surface area contributed by atoms with Gasteiger partial charge in [-0.3, -0.25) is 9.59 Å². The molecule has 1 heterocycles. The molecule has 4 aliphatic carbocycles. The molecule has 8 atom stereocenters. The van der Waals surface area contributed by atoms with Crippen molar-refractivity contribution < 1.29 is 14.7 Å². The molecule has 6 heteroatoms. The minimum Gasteiger partial charge on any atom is -0.390 e. The maximum atomic E-state index is 13.9. The van der Waals surface area contributed by atoms with Gasteiger partial charge in [-0.2, -0.15) is 15.0 Å². The van der Waals surface area contributed by atoms with Crippen LogP contribution < -0.4 is 0 Å². The normalized spacial score (nSPS) is 49.3. The van der Waals surface area contributed by atoms with Crippen molar-refractivity contribution in [1.29, 1.82) is 0 Å². The van der Waals surface area contributed by atoms with Crippen molar-refractivity contribution in [3.8, 4) is 0 Å². The Hall–Kier alpha value is -1.56. The molecule has 0 aromatic carbocycles. The fourth-order valence-electron chi connectivity index (χ4n) is 9.06. The molecule has 4 saturated carbocycles. The molecule has 4 aliphatic rings. The zero-order valence-electron chi connectivity index (χ0n) is 19.4. The number of fused-ring (bicyclic) bond motifs is 5. The number of aromatic nitrogens is 3. The van der Waals surface area contributed by atoms with Crippen molar-refractivity contribution in [3.63, 3.8) is 0 Å². The Labute approximate surface area is 185 Å². The predicted molar refractivity (Wildman–Crippen MR) is 116 cm³/mol. The smallest absolute Gasteiger partial charge is 0.159 e. The predicted octanol–water partition coefficient (Wildman–Crippen LogP) is 3.83. The van der Waals surface area contributed by atoms with Crippen molar-refractivity contribution >= 4 is 11.6 Å². The van der Waals surface area contributed by atoms with Crippen LogP contribution in [0.2, 0.25) is 0 Å². The highest BCUT2D eigenvalue weighted by molar-refractivity contribution is 5.88. The van der Waals surface area contributed by atoms with Crippen molar-refractivity contribution in [3.05, 3.63) is 12.4 Å². The first-order chi connectivity index (χ1) is 14.5. The molecule has 1 N–H and O–H groups in total. The summed E-state index contributed by atoms with van der Waals surface area (Å²) in [4.78, 5) is 28.6. The molecule has 0 radical (unpaired) electrons. The number of ketones is 2. The highest BCUT2D eigenvalue weighted by Gasteiger charge is 2.69. The average Bonchev–Trinajstić information content (AvgIpc) is 3.29. The molecule has 0 bridgehead atoms. The molecule has 6 nitrogen and oxygen atoms in total. The summed E-state index contributed by atoms with van der Waals surface area (Å²) in [6.07, 6.45) is 10.2. The molecular weight excluding hydrogens is 390 g/mol. The number of carbonyl (C=O) groups excluding carboxylic acids is 2. The zero-order valence-corrected chi connectivity index (χ0v) is 19.4. The van der Waals surface area contributed by atoms with Crippen LogP contribution in [0.4, 0.5) is 0 Å². The Morgan fingerprint density at radius 1 is 1.03 bits per heavy atom. The number of hydrogen-bond donors (Lipinski definition) is 1. The van der Waals surface area contributed by atoms with Gasteiger partial charge in [-0.1, -0.05) is 20.8 Å². The zero-order chi connectivity index (χ0) is 22.2. The first-order valence-corrected chi connectivity index (χ1v) is 12.1. The van der Waals surface area contributed by atoms with Gasteiger partial charge in [0.1, 0.15) is 12.3 Å². The van der Waals surface area contributed by atoms with Crippen molar-refractivity contribution in [1.82, 2.24) is 15.0 Å². The molecular formula is C25H37N3O3. The van der Waals surface area contributed by atoms with Gasteiger partial charge in [-0.25, -0.2) is 0 Å². The maximum absolute atomic E-state index is 13.9. The van der Waals surface area contributed by atoms with E-state index in [1.807, 2.05) is 6.92 Å². The highest BCUT2D eigenvalue weighted by atomic mass is 16.3. The number of aliphatic hydroxyl groups is 1. The molecule has 1 aromatic heterocycles. The summed E-state index contributed by atoms with van der Waals surface area (Å²) in [5.74, 6) is 1.30. The van der Waals surface area contributed by atoms with E-state index < -0.39 is 5.60 Å². The van der Waals surface area contributed by atoms with Gasteiger partial charge < -0.3 is 5.11 Å². The van der Waals surface area contributed by atoms with Gasteiger partial charge in [-0.05, 0) is 80.0 Å². The monoisotopic (exact) mass is 427 g/mol. The summed E-state index contributed by atoms with van der Waals surface area (Å²) < 4.78 is 0. The lowest BCUT2D eigenvalue weighted by Crippen LogP contribution is -2.63. The second kappa shape index (κ2) is 6.72. The van der Waals surface area contributed by atoms with Crippen LogP contribution in [0.1, 0.15) is 79.1 Å². The third-order valence-electron chi connectivity index (χ3n) is 10.3. The standard InChI is InChI=1S/C25H37N3O3/c1-22(31)9-10-23(2)16(13-22)7-8-24(3)20-6-5-17(19(30)15-28-26-11-12-27-28)25(20,4)14-18(29)21(23)24/h11-12,16-17,20-21,31H,5-10,13-15H2,1-4H3/t16-,17+,20-,21+,22+,23-,24-,25?/m0/s1. The SMILES string of the molecule is CC12CC(=O)[C@@H]3[C@@]4(C)CC[C@@](C)(O)C[C@@H]4CC[C@@]3(C)[C@@H]1CC[C@@H]2C(=O)Cn1nccn1. The number of hydrogen-bond acceptors (Lipinski definition) is 5. The first-order valence-electron chi connectivity index (χ1n) is 12.1. The summed E-state index contributed by atoms with van der Waals surface area (Å²) in [6.45, 7) is 9.05. The van der Waals surface area contributed by atoms with Gasteiger partial charge in [0.05, 0.1) is 18.0 Å². The van der Waals surface area contributed by atoms with E-state index in [0.717, 1.165) is 44.9 Å². The average molecular weight is 428 g/mol. The van der Waals surface area contributed by atoms with Gasteiger partial charge in [0.25, 0.3) is 0 Å². The summed E-state index contributed by atoms with van der Waals surface area (Å²) in [5.41, 5.74) is -0.961. The minimum absolute atomic E-state index is 0.0330.